The fourth-order valence-electron chi connectivity index (χ4n) is 3.42. The lowest BCUT2D eigenvalue weighted by Gasteiger charge is -2.11. The van der Waals surface area contributed by atoms with Gasteiger partial charge in [0.05, 0.1) is 22.1 Å². The first-order chi connectivity index (χ1) is 12.3. The number of halogens is 1. The molecule has 0 N–H and O–H groups in total. The van der Waals surface area contributed by atoms with Crippen LogP contribution in [0.2, 0.25) is 5.15 Å². The van der Waals surface area contributed by atoms with E-state index in [1.807, 2.05) is 32.9 Å². The van der Waals surface area contributed by atoms with Gasteiger partial charge < -0.3 is 0 Å². The molecule has 2 heterocycles. The summed E-state index contributed by atoms with van der Waals surface area (Å²) < 4.78 is 28.3. The van der Waals surface area contributed by atoms with Gasteiger partial charge in [0.25, 0.3) is 10.0 Å². The second-order valence-corrected chi connectivity index (χ2v) is 8.76. The summed E-state index contributed by atoms with van der Waals surface area (Å²) >= 11 is 6.09. The zero-order valence-corrected chi connectivity index (χ0v) is 16.2. The van der Waals surface area contributed by atoms with Crippen molar-refractivity contribution < 1.29 is 8.42 Å². The Hall–Kier alpha value is -2.37. The molecule has 2 aromatic carbocycles. The maximum absolute atomic E-state index is 13.5. The van der Waals surface area contributed by atoms with Gasteiger partial charge in [-0.25, -0.2) is 17.4 Å². The molecule has 6 heteroatoms. The molecule has 26 heavy (non-hydrogen) atoms. The number of nitrogens with zero attached hydrogens (tertiary/aromatic N) is 2. The Labute approximate surface area is 157 Å². The van der Waals surface area contributed by atoms with E-state index in [2.05, 4.69) is 4.98 Å². The summed E-state index contributed by atoms with van der Waals surface area (Å²) in [5, 5.41) is 1.98. The summed E-state index contributed by atoms with van der Waals surface area (Å²) in [6.45, 7) is 5.84. The van der Waals surface area contributed by atoms with Gasteiger partial charge >= 0.3 is 0 Å². The molecule has 4 aromatic rings. The summed E-state index contributed by atoms with van der Waals surface area (Å²) in [7, 11) is -3.78. The van der Waals surface area contributed by atoms with Gasteiger partial charge in [-0.1, -0.05) is 40.9 Å². The van der Waals surface area contributed by atoms with E-state index in [0.29, 0.717) is 16.2 Å². The minimum atomic E-state index is -3.78. The van der Waals surface area contributed by atoms with E-state index in [1.165, 1.54) is 10.2 Å². The second-order valence-electron chi connectivity index (χ2n) is 6.58. The van der Waals surface area contributed by atoms with Gasteiger partial charge in [-0.3, -0.25) is 0 Å². The lowest BCUT2D eigenvalue weighted by Crippen LogP contribution is -2.13. The van der Waals surface area contributed by atoms with E-state index in [1.54, 1.807) is 30.3 Å². The summed E-state index contributed by atoms with van der Waals surface area (Å²) in [5.41, 5.74) is 4.15. The highest BCUT2D eigenvalue weighted by atomic mass is 35.5. The molecule has 0 aliphatic heterocycles. The Morgan fingerprint density at radius 1 is 0.923 bits per heavy atom. The lowest BCUT2D eigenvalue weighted by atomic mass is 10.1. The van der Waals surface area contributed by atoms with E-state index < -0.39 is 10.0 Å². The van der Waals surface area contributed by atoms with Crippen LogP contribution < -0.4 is 0 Å². The van der Waals surface area contributed by atoms with Crippen LogP contribution in [0.5, 0.6) is 0 Å². The van der Waals surface area contributed by atoms with Crippen LogP contribution in [0.3, 0.4) is 0 Å². The van der Waals surface area contributed by atoms with Crippen molar-refractivity contribution in [1.82, 2.24) is 8.96 Å². The van der Waals surface area contributed by atoms with E-state index in [-0.39, 0.29) is 4.90 Å². The monoisotopic (exact) mass is 384 g/mol. The van der Waals surface area contributed by atoms with Crippen LogP contribution >= 0.6 is 11.6 Å². The summed E-state index contributed by atoms with van der Waals surface area (Å²) in [6.07, 6.45) is 1.53. The maximum Gasteiger partial charge on any atom is 0.268 e. The molecule has 0 saturated carbocycles. The number of benzene rings is 2. The minimum Gasteiger partial charge on any atom is -0.242 e. The molecule has 0 radical (unpaired) electrons. The molecule has 0 aliphatic carbocycles. The quantitative estimate of drug-likeness (QED) is 0.457. The van der Waals surface area contributed by atoms with E-state index >= 15 is 0 Å². The molecular weight excluding hydrogens is 368 g/mol. The first kappa shape index (κ1) is 17.1. The summed E-state index contributed by atoms with van der Waals surface area (Å²) in [5.74, 6) is 0. The largest absolute Gasteiger partial charge is 0.268 e. The number of aromatic nitrogens is 2. The normalized spacial score (nSPS) is 12.2. The Kier molecular flexibility index (Phi) is 3.82. The third-order valence-corrected chi connectivity index (χ3v) is 6.50. The molecular formula is C20H17ClN2O2S. The SMILES string of the molecule is Cc1ccc(S(=O)(=O)n2c3cnc(Cl)cc3c3cc(C)cc(C)c32)cc1. The molecule has 4 rings (SSSR count). The third-order valence-electron chi connectivity index (χ3n) is 4.57. The standard InChI is InChI=1S/C20H17ClN2O2S/c1-12-4-6-15(7-5-12)26(24,25)23-18-11-22-19(21)10-16(18)17-9-13(2)8-14(3)20(17)23/h4-11H,1-3H3. The van der Waals surface area contributed by atoms with Gasteiger partial charge in [-0.05, 0) is 50.6 Å². The lowest BCUT2D eigenvalue weighted by molar-refractivity contribution is 0.590. The molecule has 2 aromatic heterocycles. The fraction of sp³-hybridized carbons (Fsp3) is 0.150. The first-order valence-corrected chi connectivity index (χ1v) is 10.00. The first-order valence-electron chi connectivity index (χ1n) is 8.18. The Morgan fingerprint density at radius 2 is 1.62 bits per heavy atom. The van der Waals surface area contributed by atoms with Crippen LogP contribution in [0.25, 0.3) is 21.8 Å². The van der Waals surface area contributed by atoms with Gasteiger partial charge in [0.1, 0.15) is 5.15 Å². The number of rotatable bonds is 2. The van der Waals surface area contributed by atoms with Crippen LogP contribution in [0.15, 0.2) is 53.6 Å². The van der Waals surface area contributed by atoms with Crippen LogP contribution in [-0.4, -0.2) is 17.4 Å². The van der Waals surface area contributed by atoms with Crippen LogP contribution in [0.4, 0.5) is 0 Å². The molecule has 0 unspecified atom stereocenters. The van der Waals surface area contributed by atoms with E-state index in [0.717, 1.165) is 27.5 Å². The van der Waals surface area contributed by atoms with Crippen molar-refractivity contribution >= 4 is 43.4 Å². The van der Waals surface area contributed by atoms with Crippen molar-refractivity contribution in [2.45, 2.75) is 25.7 Å². The molecule has 132 valence electrons. The molecule has 4 nitrogen and oxygen atoms in total. The van der Waals surface area contributed by atoms with Crippen LogP contribution in [0.1, 0.15) is 16.7 Å². The van der Waals surface area contributed by atoms with Crippen LogP contribution in [0, 0.1) is 20.8 Å². The zero-order chi connectivity index (χ0) is 18.6. The Morgan fingerprint density at radius 3 is 2.31 bits per heavy atom. The number of hydrogen-bond donors (Lipinski definition) is 0. The summed E-state index contributed by atoms with van der Waals surface area (Å²) in [4.78, 5) is 4.36. The highest BCUT2D eigenvalue weighted by Gasteiger charge is 2.25. The highest BCUT2D eigenvalue weighted by molar-refractivity contribution is 7.90. The maximum atomic E-state index is 13.5. The minimum absolute atomic E-state index is 0.247. The smallest absolute Gasteiger partial charge is 0.242 e. The molecule has 0 spiro atoms. The number of aryl methyl sites for hydroxylation is 3. The van der Waals surface area contributed by atoms with Gasteiger partial charge in [0.15, 0.2) is 0 Å². The van der Waals surface area contributed by atoms with Crippen molar-refractivity contribution in [1.29, 1.82) is 0 Å². The topological polar surface area (TPSA) is 52.0 Å². The van der Waals surface area contributed by atoms with Crippen LogP contribution in [-0.2, 0) is 10.0 Å². The molecule has 0 atom stereocenters. The number of fused-ring (bicyclic) bond motifs is 3. The average Bonchev–Trinajstić information content (AvgIpc) is 2.90. The Balaban J connectivity index is 2.19. The average molecular weight is 385 g/mol. The second kappa shape index (κ2) is 5.83. The Bertz CT molecular complexity index is 1270. The van der Waals surface area contributed by atoms with Gasteiger partial charge in [-0.15, -0.1) is 0 Å². The number of hydrogen-bond acceptors (Lipinski definition) is 3. The van der Waals surface area contributed by atoms with Gasteiger partial charge in [0.2, 0.25) is 0 Å². The van der Waals surface area contributed by atoms with Crippen molar-refractivity contribution in [3.05, 3.63) is 70.5 Å². The molecule has 0 fully saturated rings. The fourth-order valence-corrected chi connectivity index (χ4v) is 5.16. The van der Waals surface area contributed by atoms with Crippen molar-refractivity contribution in [2.75, 3.05) is 0 Å². The molecule has 0 amide bonds. The predicted octanol–water partition coefficient (Wildman–Crippen LogP) is 5.01. The zero-order valence-electron chi connectivity index (χ0n) is 14.6. The third kappa shape index (κ3) is 2.50. The van der Waals surface area contributed by atoms with E-state index in [4.69, 9.17) is 11.6 Å². The molecule has 0 aliphatic rings. The molecule has 0 saturated heterocycles. The van der Waals surface area contributed by atoms with Gasteiger partial charge in [0, 0.05) is 10.8 Å². The highest BCUT2D eigenvalue weighted by Crippen LogP contribution is 2.35. The van der Waals surface area contributed by atoms with Crippen molar-refractivity contribution in [3.63, 3.8) is 0 Å². The van der Waals surface area contributed by atoms with E-state index in [9.17, 15) is 8.42 Å². The predicted molar refractivity (Wildman–Crippen MR) is 105 cm³/mol. The van der Waals surface area contributed by atoms with Crippen molar-refractivity contribution in [3.8, 4) is 0 Å². The summed E-state index contributed by atoms with van der Waals surface area (Å²) in [6, 6.07) is 12.6. The van der Waals surface area contributed by atoms with Gasteiger partial charge in [-0.2, -0.15) is 0 Å². The van der Waals surface area contributed by atoms with Crippen molar-refractivity contribution in [2.24, 2.45) is 0 Å². The number of pyridine rings is 1. The molecule has 0 bridgehead atoms.